The molecule has 0 aliphatic heterocycles. The summed E-state index contributed by atoms with van der Waals surface area (Å²) in [4.78, 5) is 8.25. The lowest BCUT2D eigenvalue weighted by Crippen LogP contribution is -1.86. The molecule has 0 amide bonds. The molecule has 0 radical (unpaired) electrons. The van der Waals surface area contributed by atoms with Gasteiger partial charge in [-0.2, -0.15) is 5.26 Å². The van der Waals surface area contributed by atoms with E-state index < -0.39 is 0 Å². The van der Waals surface area contributed by atoms with E-state index in [1.807, 2.05) is 72.8 Å². The first kappa shape index (κ1) is 14.9. The molecule has 0 atom stereocenters. The van der Waals surface area contributed by atoms with Crippen LogP contribution in [0.3, 0.4) is 0 Å². The van der Waals surface area contributed by atoms with Gasteiger partial charge in [0.15, 0.2) is 0 Å². The summed E-state index contributed by atoms with van der Waals surface area (Å²) in [6.45, 7) is 0. The standard InChI is InChI=1S/C22H15N3/c23-15-18-13-7-8-14-19(18)22-24-20(16-9-3-1-4-10-16)21(25-22)17-11-5-2-6-12-17/h1-14H,(H,24,25). The van der Waals surface area contributed by atoms with Crippen LogP contribution in [0.15, 0.2) is 84.9 Å². The molecule has 0 bridgehead atoms. The molecule has 0 saturated heterocycles. The number of imidazole rings is 1. The molecule has 0 fully saturated rings. The molecule has 25 heavy (non-hydrogen) atoms. The van der Waals surface area contributed by atoms with Crippen LogP contribution >= 0.6 is 0 Å². The number of nitrogens with one attached hydrogen (secondary N) is 1. The van der Waals surface area contributed by atoms with Crippen LogP contribution in [0.1, 0.15) is 5.56 Å². The van der Waals surface area contributed by atoms with Gasteiger partial charge >= 0.3 is 0 Å². The van der Waals surface area contributed by atoms with Crippen molar-refractivity contribution in [3.8, 4) is 40.0 Å². The van der Waals surface area contributed by atoms with Gasteiger partial charge in [-0.25, -0.2) is 4.98 Å². The molecule has 1 heterocycles. The van der Waals surface area contributed by atoms with E-state index in [-0.39, 0.29) is 0 Å². The molecule has 0 spiro atoms. The fourth-order valence-electron chi connectivity index (χ4n) is 2.91. The first-order chi connectivity index (χ1) is 12.4. The number of nitriles is 1. The Morgan fingerprint density at radius 2 is 1.32 bits per heavy atom. The third-order valence-corrected chi connectivity index (χ3v) is 4.12. The normalized spacial score (nSPS) is 10.4. The highest BCUT2D eigenvalue weighted by molar-refractivity contribution is 5.82. The summed E-state index contributed by atoms with van der Waals surface area (Å²) >= 11 is 0. The van der Waals surface area contributed by atoms with Crippen molar-refractivity contribution in [1.82, 2.24) is 9.97 Å². The van der Waals surface area contributed by atoms with Gasteiger partial charge in [-0.15, -0.1) is 0 Å². The van der Waals surface area contributed by atoms with Crippen LogP contribution in [0, 0.1) is 11.3 Å². The molecule has 3 heteroatoms. The maximum absolute atomic E-state index is 9.40. The molecule has 0 aliphatic rings. The highest BCUT2D eigenvalue weighted by atomic mass is 14.9. The summed E-state index contributed by atoms with van der Waals surface area (Å²) in [7, 11) is 0. The predicted octanol–water partition coefficient (Wildman–Crippen LogP) is 5.28. The summed E-state index contributed by atoms with van der Waals surface area (Å²) in [6, 6.07) is 30.0. The second-order valence-corrected chi connectivity index (χ2v) is 5.70. The van der Waals surface area contributed by atoms with E-state index in [9.17, 15) is 5.26 Å². The fourth-order valence-corrected chi connectivity index (χ4v) is 2.91. The number of benzene rings is 3. The van der Waals surface area contributed by atoms with Crippen molar-refractivity contribution < 1.29 is 0 Å². The summed E-state index contributed by atoms with van der Waals surface area (Å²) < 4.78 is 0. The molecular weight excluding hydrogens is 306 g/mol. The van der Waals surface area contributed by atoms with Crippen LogP contribution in [-0.4, -0.2) is 9.97 Å². The average Bonchev–Trinajstić information content (AvgIpc) is 3.14. The van der Waals surface area contributed by atoms with E-state index in [2.05, 4.69) is 23.2 Å². The van der Waals surface area contributed by atoms with Crippen LogP contribution in [0.2, 0.25) is 0 Å². The van der Waals surface area contributed by atoms with Gasteiger partial charge in [0, 0.05) is 16.7 Å². The van der Waals surface area contributed by atoms with Crippen molar-refractivity contribution in [2.75, 3.05) is 0 Å². The summed E-state index contributed by atoms with van der Waals surface area (Å²) in [6.07, 6.45) is 0. The largest absolute Gasteiger partial charge is 0.337 e. The maximum Gasteiger partial charge on any atom is 0.139 e. The zero-order valence-corrected chi connectivity index (χ0v) is 13.5. The molecule has 4 aromatic rings. The van der Waals surface area contributed by atoms with Crippen molar-refractivity contribution in [3.63, 3.8) is 0 Å². The molecule has 1 N–H and O–H groups in total. The van der Waals surface area contributed by atoms with Gasteiger partial charge in [0.2, 0.25) is 0 Å². The number of nitrogens with zero attached hydrogens (tertiary/aromatic N) is 2. The lowest BCUT2D eigenvalue weighted by Gasteiger charge is -2.02. The van der Waals surface area contributed by atoms with Gasteiger partial charge < -0.3 is 4.98 Å². The summed E-state index contributed by atoms with van der Waals surface area (Å²) in [5.74, 6) is 0.704. The highest BCUT2D eigenvalue weighted by Gasteiger charge is 2.16. The van der Waals surface area contributed by atoms with E-state index in [4.69, 9.17) is 4.98 Å². The minimum absolute atomic E-state index is 0.607. The molecular formula is C22H15N3. The third kappa shape index (κ3) is 2.82. The average molecular weight is 321 g/mol. The van der Waals surface area contributed by atoms with Crippen LogP contribution in [0.25, 0.3) is 33.9 Å². The van der Waals surface area contributed by atoms with E-state index in [0.717, 1.165) is 28.1 Å². The monoisotopic (exact) mass is 321 g/mol. The highest BCUT2D eigenvalue weighted by Crippen LogP contribution is 2.33. The molecule has 118 valence electrons. The van der Waals surface area contributed by atoms with Crippen LogP contribution in [0.5, 0.6) is 0 Å². The van der Waals surface area contributed by atoms with Gasteiger partial charge in [0.25, 0.3) is 0 Å². The maximum atomic E-state index is 9.40. The second kappa shape index (κ2) is 6.46. The summed E-state index contributed by atoms with van der Waals surface area (Å²) in [5.41, 5.74) is 5.36. The zero-order valence-electron chi connectivity index (χ0n) is 13.5. The van der Waals surface area contributed by atoms with Gasteiger partial charge in [0.05, 0.1) is 23.0 Å². The topological polar surface area (TPSA) is 52.5 Å². The predicted molar refractivity (Wildman–Crippen MR) is 99.6 cm³/mol. The first-order valence-electron chi connectivity index (χ1n) is 8.07. The van der Waals surface area contributed by atoms with Crippen LogP contribution in [-0.2, 0) is 0 Å². The van der Waals surface area contributed by atoms with Gasteiger partial charge in [0.1, 0.15) is 5.82 Å². The minimum atomic E-state index is 0.607. The SMILES string of the molecule is N#Cc1ccccc1-c1nc(-c2ccccc2)c(-c2ccccc2)[nH]1. The number of aromatic amines is 1. The molecule has 4 rings (SSSR count). The fraction of sp³-hybridized carbons (Fsp3) is 0. The van der Waals surface area contributed by atoms with Crippen molar-refractivity contribution >= 4 is 0 Å². The van der Waals surface area contributed by atoms with Crippen LogP contribution in [0.4, 0.5) is 0 Å². The lowest BCUT2D eigenvalue weighted by molar-refractivity contribution is 1.30. The quantitative estimate of drug-likeness (QED) is 0.558. The molecule has 0 saturated carbocycles. The number of H-pyrrole nitrogens is 1. The zero-order chi connectivity index (χ0) is 17.1. The number of rotatable bonds is 3. The molecule has 0 aliphatic carbocycles. The van der Waals surface area contributed by atoms with Gasteiger partial charge in [-0.1, -0.05) is 72.8 Å². The molecule has 3 aromatic carbocycles. The Morgan fingerprint density at radius 1 is 0.720 bits per heavy atom. The Morgan fingerprint density at radius 3 is 2.00 bits per heavy atom. The Bertz CT molecular complexity index is 985. The number of hydrogen-bond acceptors (Lipinski definition) is 2. The Kier molecular flexibility index (Phi) is 3.86. The van der Waals surface area contributed by atoms with E-state index in [1.165, 1.54) is 0 Å². The number of aromatic nitrogens is 2. The minimum Gasteiger partial charge on any atom is -0.337 e. The second-order valence-electron chi connectivity index (χ2n) is 5.70. The van der Waals surface area contributed by atoms with Crippen molar-refractivity contribution in [3.05, 3.63) is 90.5 Å². The van der Waals surface area contributed by atoms with E-state index in [0.29, 0.717) is 11.4 Å². The van der Waals surface area contributed by atoms with Crippen molar-refractivity contribution in [1.29, 1.82) is 5.26 Å². The van der Waals surface area contributed by atoms with Gasteiger partial charge in [-0.3, -0.25) is 0 Å². The smallest absolute Gasteiger partial charge is 0.139 e. The van der Waals surface area contributed by atoms with Crippen molar-refractivity contribution in [2.45, 2.75) is 0 Å². The third-order valence-electron chi connectivity index (χ3n) is 4.12. The lowest BCUT2D eigenvalue weighted by atomic mass is 10.1. The Labute approximate surface area is 146 Å². The molecule has 3 nitrogen and oxygen atoms in total. The number of hydrogen-bond donors (Lipinski definition) is 1. The first-order valence-corrected chi connectivity index (χ1v) is 8.07. The van der Waals surface area contributed by atoms with E-state index >= 15 is 0 Å². The van der Waals surface area contributed by atoms with Crippen molar-refractivity contribution in [2.24, 2.45) is 0 Å². The van der Waals surface area contributed by atoms with Gasteiger partial charge in [-0.05, 0) is 12.1 Å². The van der Waals surface area contributed by atoms with Crippen LogP contribution < -0.4 is 0 Å². The molecule has 0 unspecified atom stereocenters. The van der Waals surface area contributed by atoms with E-state index in [1.54, 1.807) is 0 Å². The molecule has 1 aromatic heterocycles. The summed E-state index contributed by atoms with van der Waals surface area (Å²) in [5, 5.41) is 9.40. The Hall–Kier alpha value is -3.64. The Balaban J connectivity index is 1.95.